The van der Waals surface area contributed by atoms with Gasteiger partial charge in [0.15, 0.2) is 6.61 Å². The van der Waals surface area contributed by atoms with E-state index in [0.29, 0.717) is 23.2 Å². The highest BCUT2D eigenvalue weighted by Crippen LogP contribution is 2.16. The number of nitrogens with zero attached hydrogens (tertiary/aromatic N) is 1. The molecule has 0 saturated carbocycles. The first-order chi connectivity index (χ1) is 13.8. The van der Waals surface area contributed by atoms with Crippen molar-refractivity contribution in [2.24, 2.45) is 5.92 Å². The monoisotopic (exact) mass is 416 g/mol. The maximum atomic E-state index is 13.0. The molecule has 29 heavy (non-hydrogen) atoms. The fourth-order valence-electron chi connectivity index (χ4n) is 2.80. The highest BCUT2D eigenvalue weighted by atomic mass is 35.5. The van der Waals surface area contributed by atoms with E-state index in [-0.39, 0.29) is 25.0 Å². The van der Waals surface area contributed by atoms with Crippen LogP contribution in [-0.2, 0) is 16.1 Å². The number of hydrogen-bond acceptors (Lipinski definition) is 3. The average molecular weight is 417 g/mol. The maximum Gasteiger partial charge on any atom is 0.261 e. The lowest BCUT2D eigenvalue weighted by molar-refractivity contribution is -0.142. The van der Waals surface area contributed by atoms with Crippen molar-refractivity contribution in [1.82, 2.24) is 10.2 Å². The predicted octanol–water partition coefficient (Wildman–Crippen LogP) is 4.22. The second-order valence-electron chi connectivity index (χ2n) is 7.57. The number of benzene rings is 2. The van der Waals surface area contributed by atoms with E-state index < -0.39 is 6.04 Å². The van der Waals surface area contributed by atoms with Crippen molar-refractivity contribution in [2.75, 3.05) is 13.2 Å². The van der Waals surface area contributed by atoms with E-state index in [1.807, 2.05) is 51.1 Å². The molecule has 156 valence electrons. The Morgan fingerprint density at radius 3 is 2.48 bits per heavy atom. The van der Waals surface area contributed by atoms with Crippen molar-refractivity contribution < 1.29 is 14.3 Å². The summed E-state index contributed by atoms with van der Waals surface area (Å²) in [6.07, 6.45) is 0. The largest absolute Gasteiger partial charge is 0.484 e. The van der Waals surface area contributed by atoms with Gasteiger partial charge in [-0.25, -0.2) is 0 Å². The van der Waals surface area contributed by atoms with E-state index in [4.69, 9.17) is 16.3 Å². The summed E-state index contributed by atoms with van der Waals surface area (Å²) in [6, 6.07) is 14.1. The van der Waals surface area contributed by atoms with E-state index >= 15 is 0 Å². The Hall–Kier alpha value is -2.53. The van der Waals surface area contributed by atoms with Gasteiger partial charge in [-0.05, 0) is 55.2 Å². The maximum absolute atomic E-state index is 13.0. The number of aryl methyl sites for hydroxylation is 1. The van der Waals surface area contributed by atoms with Gasteiger partial charge in [-0.2, -0.15) is 0 Å². The third-order valence-corrected chi connectivity index (χ3v) is 4.68. The number of nitrogens with one attached hydrogen (secondary N) is 1. The average Bonchev–Trinajstić information content (AvgIpc) is 2.68. The molecule has 1 atom stereocenters. The van der Waals surface area contributed by atoms with Crippen LogP contribution < -0.4 is 10.1 Å². The van der Waals surface area contributed by atoms with Crippen LogP contribution in [0.2, 0.25) is 5.02 Å². The van der Waals surface area contributed by atoms with Crippen LogP contribution in [0.4, 0.5) is 0 Å². The van der Waals surface area contributed by atoms with Gasteiger partial charge in [0.1, 0.15) is 11.8 Å². The van der Waals surface area contributed by atoms with Gasteiger partial charge in [-0.3, -0.25) is 9.59 Å². The molecular formula is C23H29ClN2O3. The van der Waals surface area contributed by atoms with Gasteiger partial charge < -0.3 is 15.0 Å². The highest BCUT2D eigenvalue weighted by Gasteiger charge is 2.26. The van der Waals surface area contributed by atoms with Gasteiger partial charge >= 0.3 is 0 Å². The van der Waals surface area contributed by atoms with Crippen LogP contribution in [-0.4, -0.2) is 35.9 Å². The minimum atomic E-state index is -0.638. The third kappa shape index (κ3) is 7.42. The molecule has 0 bridgehead atoms. The number of halogens is 1. The Morgan fingerprint density at radius 2 is 1.83 bits per heavy atom. The normalized spacial score (nSPS) is 11.8. The van der Waals surface area contributed by atoms with Gasteiger partial charge in [0.2, 0.25) is 5.91 Å². The van der Waals surface area contributed by atoms with Crippen LogP contribution in [0.25, 0.3) is 0 Å². The van der Waals surface area contributed by atoms with Crippen molar-refractivity contribution in [2.45, 2.75) is 40.3 Å². The van der Waals surface area contributed by atoms with E-state index in [0.717, 1.165) is 11.1 Å². The first-order valence-electron chi connectivity index (χ1n) is 9.77. The number of hydrogen-bond donors (Lipinski definition) is 1. The molecule has 0 radical (unpaired) electrons. The number of carbonyl (C=O) groups is 2. The van der Waals surface area contributed by atoms with Crippen LogP contribution in [0.15, 0.2) is 48.5 Å². The smallest absolute Gasteiger partial charge is 0.261 e. The lowest BCUT2D eigenvalue weighted by atomic mass is 10.1. The Bertz CT molecular complexity index is 838. The standard InChI is InChI=1S/C23H29ClN2O3/c1-16(2)13-25-23(28)18(4)26(14-19-8-6-9-20(24)12-19)22(27)15-29-21-10-5-7-17(3)11-21/h5-12,16,18H,13-15H2,1-4H3,(H,25,28)/t18-/m1/s1. The molecule has 0 aromatic heterocycles. The van der Waals surface area contributed by atoms with E-state index in [1.165, 1.54) is 4.90 Å². The van der Waals surface area contributed by atoms with Gasteiger partial charge in [-0.15, -0.1) is 0 Å². The molecule has 0 unspecified atom stereocenters. The van der Waals surface area contributed by atoms with Crippen LogP contribution in [0.5, 0.6) is 5.75 Å². The predicted molar refractivity (Wildman–Crippen MR) is 116 cm³/mol. The van der Waals surface area contributed by atoms with E-state index in [2.05, 4.69) is 5.32 Å². The first kappa shape index (κ1) is 22.8. The second kappa shape index (κ2) is 10.9. The molecule has 5 nitrogen and oxygen atoms in total. The van der Waals surface area contributed by atoms with Crippen molar-refractivity contribution in [3.8, 4) is 5.75 Å². The van der Waals surface area contributed by atoms with Gasteiger partial charge in [0.25, 0.3) is 5.91 Å². The fraction of sp³-hybridized carbons (Fsp3) is 0.391. The molecule has 2 amide bonds. The Labute approximate surface area is 178 Å². The molecule has 0 aliphatic carbocycles. The molecule has 0 fully saturated rings. The summed E-state index contributed by atoms with van der Waals surface area (Å²) < 4.78 is 5.67. The molecular weight excluding hydrogens is 388 g/mol. The summed E-state index contributed by atoms with van der Waals surface area (Å²) >= 11 is 6.08. The topological polar surface area (TPSA) is 58.6 Å². The molecule has 2 rings (SSSR count). The number of rotatable bonds is 9. The summed E-state index contributed by atoms with van der Waals surface area (Å²) in [4.78, 5) is 27.1. The molecule has 2 aromatic carbocycles. The lowest BCUT2D eigenvalue weighted by Gasteiger charge is -2.29. The summed E-state index contributed by atoms with van der Waals surface area (Å²) in [6.45, 7) is 8.41. The SMILES string of the molecule is Cc1cccc(OCC(=O)N(Cc2cccc(Cl)c2)[C@H](C)C(=O)NCC(C)C)c1. The summed E-state index contributed by atoms with van der Waals surface area (Å²) in [7, 11) is 0. The second-order valence-corrected chi connectivity index (χ2v) is 8.01. The molecule has 0 saturated heterocycles. The van der Waals surface area contributed by atoms with Gasteiger partial charge in [0.05, 0.1) is 0 Å². The summed E-state index contributed by atoms with van der Waals surface area (Å²) in [5.74, 6) is 0.495. The Kier molecular flexibility index (Phi) is 8.52. The molecule has 6 heteroatoms. The molecule has 0 heterocycles. The minimum absolute atomic E-state index is 0.147. The molecule has 1 N–H and O–H groups in total. The van der Waals surface area contributed by atoms with Gasteiger partial charge in [-0.1, -0.05) is 49.7 Å². The number of carbonyl (C=O) groups excluding carboxylic acids is 2. The molecule has 0 aliphatic heterocycles. The van der Waals surface area contributed by atoms with E-state index in [9.17, 15) is 9.59 Å². The summed E-state index contributed by atoms with van der Waals surface area (Å²) in [5.41, 5.74) is 1.90. The van der Waals surface area contributed by atoms with Crippen molar-refractivity contribution in [3.63, 3.8) is 0 Å². The zero-order valence-electron chi connectivity index (χ0n) is 17.4. The van der Waals surface area contributed by atoms with Crippen molar-refractivity contribution in [3.05, 3.63) is 64.7 Å². The minimum Gasteiger partial charge on any atom is -0.484 e. The third-order valence-electron chi connectivity index (χ3n) is 4.45. The fourth-order valence-corrected chi connectivity index (χ4v) is 3.01. The Morgan fingerprint density at radius 1 is 1.10 bits per heavy atom. The van der Waals surface area contributed by atoms with Crippen molar-refractivity contribution >= 4 is 23.4 Å². The van der Waals surface area contributed by atoms with Crippen LogP contribution >= 0.6 is 11.6 Å². The van der Waals surface area contributed by atoms with E-state index in [1.54, 1.807) is 25.1 Å². The first-order valence-corrected chi connectivity index (χ1v) is 10.1. The van der Waals surface area contributed by atoms with Crippen LogP contribution in [0.1, 0.15) is 31.9 Å². The van der Waals surface area contributed by atoms with Gasteiger partial charge in [0, 0.05) is 18.1 Å². The Balaban J connectivity index is 2.13. The van der Waals surface area contributed by atoms with Crippen LogP contribution in [0, 0.1) is 12.8 Å². The number of ether oxygens (including phenoxy) is 1. The zero-order chi connectivity index (χ0) is 21.4. The summed E-state index contributed by atoms with van der Waals surface area (Å²) in [5, 5.41) is 3.48. The van der Waals surface area contributed by atoms with Crippen molar-refractivity contribution in [1.29, 1.82) is 0 Å². The molecule has 2 aromatic rings. The lowest BCUT2D eigenvalue weighted by Crippen LogP contribution is -2.49. The molecule has 0 aliphatic rings. The zero-order valence-corrected chi connectivity index (χ0v) is 18.2. The quantitative estimate of drug-likeness (QED) is 0.665. The number of amides is 2. The van der Waals surface area contributed by atoms with Crippen LogP contribution in [0.3, 0.4) is 0 Å². The molecule has 0 spiro atoms. The highest BCUT2D eigenvalue weighted by molar-refractivity contribution is 6.30.